The molecule has 2 aromatic carbocycles. The fourth-order valence-corrected chi connectivity index (χ4v) is 3.52. The summed E-state index contributed by atoms with van der Waals surface area (Å²) in [6.07, 6.45) is 0.0825. The van der Waals surface area contributed by atoms with Crippen molar-refractivity contribution < 1.29 is 27.8 Å². The lowest BCUT2D eigenvalue weighted by molar-refractivity contribution is -0.153. The van der Waals surface area contributed by atoms with Crippen LogP contribution < -0.4 is 4.74 Å². The van der Waals surface area contributed by atoms with E-state index in [1.165, 1.54) is 6.07 Å². The van der Waals surface area contributed by atoms with Crippen molar-refractivity contribution in [3.05, 3.63) is 48.0 Å². The minimum Gasteiger partial charge on any atom is -0.483 e. The maximum absolute atomic E-state index is 12.6. The summed E-state index contributed by atoms with van der Waals surface area (Å²) in [5, 5.41) is 9.63. The number of aliphatic carboxylic acids is 1. The summed E-state index contributed by atoms with van der Waals surface area (Å²) >= 11 is 1.56. The van der Waals surface area contributed by atoms with Crippen LogP contribution in [-0.2, 0) is 4.79 Å². The summed E-state index contributed by atoms with van der Waals surface area (Å²) in [5.74, 6) is -1.09. The number of carboxylic acids is 1. The first-order chi connectivity index (χ1) is 13.3. The lowest BCUT2D eigenvalue weighted by Crippen LogP contribution is -2.19. The van der Waals surface area contributed by atoms with Gasteiger partial charge in [-0.3, -0.25) is 4.79 Å². The molecule has 0 saturated heterocycles. The third-order valence-corrected chi connectivity index (χ3v) is 5.51. The largest absolute Gasteiger partial charge is 0.483 e. The molecule has 0 aliphatic heterocycles. The lowest BCUT2D eigenvalue weighted by atomic mass is 9.90. The summed E-state index contributed by atoms with van der Waals surface area (Å²) in [6.45, 7) is -1.40. The molecule has 2 aromatic rings. The van der Waals surface area contributed by atoms with Crippen molar-refractivity contribution in [1.82, 2.24) is 0 Å². The zero-order chi connectivity index (χ0) is 20.3. The van der Waals surface area contributed by atoms with Crippen LogP contribution in [0.25, 0.3) is 11.1 Å². The van der Waals surface area contributed by atoms with Crippen molar-refractivity contribution in [2.24, 2.45) is 5.92 Å². The van der Waals surface area contributed by atoms with Crippen molar-refractivity contribution in [2.45, 2.75) is 36.3 Å². The molecule has 3 rings (SSSR count). The molecule has 0 radical (unpaired) electrons. The molecule has 7 heteroatoms. The first-order valence-corrected chi connectivity index (χ1v) is 10.2. The maximum Gasteiger partial charge on any atom is 0.422 e. The third kappa shape index (κ3) is 5.44. The second-order valence-corrected chi connectivity index (χ2v) is 7.84. The Balaban J connectivity index is 1.98. The Kier molecular flexibility index (Phi) is 6.23. The van der Waals surface area contributed by atoms with E-state index in [1.807, 2.05) is 30.5 Å². The van der Waals surface area contributed by atoms with Gasteiger partial charge in [-0.05, 0) is 54.0 Å². The molecule has 28 heavy (non-hydrogen) atoms. The van der Waals surface area contributed by atoms with Crippen LogP contribution in [0.3, 0.4) is 0 Å². The van der Waals surface area contributed by atoms with Gasteiger partial charge in [0.25, 0.3) is 0 Å². The first-order valence-electron chi connectivity index (χ1n) is 8.97. The highest BCUT2D eigenvalue weighted by molar-refractivity contribution is 7.98. The van der Waals surface area contributed by atoms with Gasteiger partial charge in [0, 0.05) is 10.5 Å². The molecular weight excluding hydrogens is 389 g/mol. The minimum atomic E-state index is -4.45. The van der Waals surface area contributed by atoms with Crippen molar-refractivity contribution in [3.63, 3.8) is 0 Å². The number of ether oxygens (including phenoxy) is 1. The molecule has 1 unspecified atom stereocenters. The summed E-state index contributed by atoms with van der Waals surface area (Å²) in [6, 6.07) is 12.0. The Hall–Kier alpha value is -2.15. The van der Waals surface area contributed by atoms with E-state index in [2.05, 4.69) is 0 Å². The van der Waals surface area contributed by atoms with Crippen LogP contribution >= 0.6 is 11.8 Å². The molecule has 0 spiro atoms. The maximum atomic E-state index is 12.6. The highest BCUT2D eigenvalue weighted by Crippen LogP contribution is 2.41. The van der Waals surface area contributed by atoms with Gasteiger partial charge >= 0.3 is 12.1 Å². The minimum absolute atomic E-state index is 0.0912. The van der Waals surface area contributed by atoms with E-state index in [-0.39, 0.29) is 5.75 Å². The van der Waals surface area contributed by atoms with Crippen LogP contribution in [0.15, 0.2) is 47.4 Å². The Morgan fingerprint density at radius 2 is 1.89 bits per heavy atom. The van der Waals surface area contributed by atoms with Gasteiger partial charge in [-0.25, -0.2) is 0 Å². The summed E-state index contributed by atoms with van der Waals surface area (Å²) in [5.41, 5.74) is 1.74. The van der Waals surface area contributed by atoms with Gasteiger partial charge in [0.05, 0.1) is 5.92 Å². The second-order valence-electron chi connectivity index (χ2n) is 6.96. The number of benzene rings is 2. The van der Waals surface area contributed by atoms with Gasteiger partial charge in [0.2, 0.25) is 0 Å². The van der Waals surface area contributed by atoms with E-state index in [0.717, 1.165) is 17.7 Å². The van der Waals surface area contributed by atoms with E-state index >= 15 is 0 Å². The Morgan fingerprint density at radius 1 is 1.21 bits per heavy atom. The van der Waals surface area contributed by atoms with Crippen LogP contribution in [0.2, 0.25) is 0 Å². The van der Waals surface area contributed by atoms with E-state index in [0.29, 0.717) is 29.0 Å². The fraction of sp³-hybridized carbons (Fsp3) is 0.381. The molecule has 0 aromatic heterocycles. The summed E-state index contributed by atoms with van der Waals surface area (Å²) < 4.78 is 42.9. The molecule has 0 heterocycles. The van der Waals surface area contributed by atoms with Gasteiger partial charge in [0.15, 0.2) is 6.61 Å². The second kappa shape index (κ2) is 8.47. The number of rotatable bonds is 8. The van der Waals surface area contributed by atoms with Gasteiger partial charge in [-0.15, -0.1) is 11.8 Å². The van der Waals surface area contributed by atoms with E-state index in [4.69, 9.17) is 4.74 Å². The third-order valence-electron chi connectivity index (χ3n) is 4.76. The standard InChI is InChI=1S/C21H21F3O3S/c1-28-16-7-4-14(5-8-16)17-11-15(18(20(25)26)10-13-2-3-13)6-9-19(17)27-12-21(22,23)24/h4-9,11,13,18H,2-3,10,12H2,1H3,(H,25,26). The number of carboxylic acid groups (broad SMARTS) is 1. The van der Waals surface area contributed by atoms with E-state index < -0.39 is 24.7 Å². The Labute approximate surface area is 165 Å². The molecule has 1 aliphatic carbocycles. The molecule has 0 amide bonds. The van der Waals surface area contributed by atoms with Crippen molar-refractivity contribution in [2.75, 3.05) is 12.9 Å². The van der Waals surface area contributed by atoms with Crippen LogP contribution in [0.1, 0.15) is 30.7 Å². The molecule has 150 valence electrons. The number of hydrogen-bond acceptors (Lipinski definition) is 3. The molecule has 1 saturated carbocycles. The molecule has 1 atom stereocenters. The zero-order valence-corrected chi connectivity index (χ0v) is 16.1. The van der Waals surface area contributed by atoms with Gasteiger partial charge < -0.3 is 9.84 Å². The molecule has 1 aliphatic rings. The van der Waals surface area contributed by atoms with E-state index in [9.17, 15) is 23.1 Å². The lowest BCUT2D eigenvalue weighted by Gasteiger charge is -2.18. The predicted molar refractivity (Wildman–Crippen MR) is 103 cm³/mol. The van der Waals surface area contributed by atoms with Gasteiger partial charge in [-0.2, -0.15) is 13.2 Å². The van der Waals surface area contributed by atoms with Crippen molar-refractivity contribution in [3.8, 4) is 16.9 Å². The molecule has 1 fully saturated rings. The quantitative estimate of drug-likeness (QED) is 0.544. The smallest absolute Gasteiger partial charge is 0.422 e. The predicted octanol–water partition coefficient (Wildman–Crippen LogP) is 5.98. The molecule has 0 bridgehead atoms. The van der Waals surface area contributed by atoms with Gasteiger partial charge in [0.1, 0.15) is 5.75 Å². The number of carbonyl (C=O) groups is 1. The van der Waals surface area contributed by atoms with Crippen molar-refractivity contribution in [1.29, 1.82) is 0 Å². The average Bonchev–Trinajstić information content (AvgIpc) is 3.48. The van der Waals surface area contributed by atoms with Crippen LogP contribution in [0.5, 0.6) is 5.75 Å². The average molecular weight is 410 g/mol. The summed E-state index contributed by atoms with van der Waals surface area (Å²) in [7, 11) is 0. The molecule has 1 N–H and O–H groups in total. The van der Waals surface area contributed by atoms with Crippen molar-refractivity contribution >= 4 is 17.7 Å². The van der Waals surface area contributed by atoms with E-state index in [1.54, 1.807) is 23.9 Å². The Morgan fingerprint density at radius 3 is 2.43 bits per heavy atom. The number of halogens is 3. The van der Waals surface area contributed by atoms with Crippen LogP contribution in [0.4, 0.5) is 13.2 Å². The fourth-order valence-electron chi connectivity index (χ4n) is 3.11. The SMILES string of the molecule is CSc1ccc(-c2cc(C(CC3CC3)C(=O)O)ccc2OCC(F)(F)F)cc1. The highest BCUT2D eigenvalue weighted by atomic mass is 32.2. The number of thioether (sulfide) groups is 1. The number of alkyl halides is 3. The molecular formula is C21H21F3O3S. The summed E-state index contributed by atoms with van der Waals surface area (Å²) in [4.78, 5) is 12.8. The monoisotopic (exact) mass is 410 g/mol. The first kappa shape index (κ1) is 20.6. The highest BCUT2D eigenvalue weighted by Gasteiger charge is 2.32. The van der Waals surface area contributed by atoms with Gasteiger partial charge in [-0.1, -0.05) is 31.0 Å². The molecule has 3 nitrogen and oxygen atoms in total. The van der Waals surface area contributed by atoms with Crippen LogP contribution in [-0.4, -0.2) is 30.1 Å². The zero-order valence-electron chi connectivity index (χ0n) is 15.3. The topological polar surface area (TPSA) is 46.5 Å². The van der Waals surface area contributed by atoms with Crippen LogP contribution in [0, 0.1) is 5.92 Å². The Bertz CT molecular complexity index is 830. The normalized spacial score (nSPS) is 15.3. The number of hydrogen-bond donors (Lipinski definition) is 1.